The van der Waals surface area contributed by atoms with Crippen molar-refractivity contribution in [1.82, 2.24) is 5.32 Å². The highest BCUT2D eigenvalue weighted by molar-refractivity contribution is 5.41. The SMILES string of the molecule is CCCCCCCCCCNC1CCc2cccc(O)c2C1. The van der Waals surface area contributed by atoms with Gasteiger partial charge in [-0.05, 0) is 49.4 Å². The lowest BCUT2D eigenvalue weighted by atomic mass is 9.87. The molecule has 1 aromatic carbocycles. The summed E-state index contributed by atoms with van der Waals surface area (Å²) in [5, 5.41) is 13.7. The van der Waals surface area contributed by atoms with E-state index in [1.54, 1.807) is 0 Å². The van der Waals surface area contributed by atoms with Crippen LogP contribution in [0.2, 0.25) is 0 Å². The minimum absolute atomic E-state index is 0.482. The van der Waals surface area contributed by atoms with Crippen LogP contribution in [0.5, 0.6) is 5.75 Å². The second kappa shape index (κ2) is 9.89. The number of nitrogens with one attached hydrogen (secondary N) is 1. The Kier molecular flexibility index (Phi) is 7.79. The lowest BCUT2D eigenvalue weighted by Crippen LogP contribution is -2.35. The lowest BCUT2D eigenvalue weighted by molar-refractivity contribution is 0.421. The molecule has 1 aliphatic carbocycles. The van der Waals surface area contributed by atoms with Gasteiger partial charge in [0.25, 0.3) is 0 Å². The Hall–Kier alpha value is -1.02. The number of aromatic hydroxyl groups is 1. The Morgan fingerprint density at radius 3 is 2.55 bits per heavy atom. The Labute approximate surface area is 136 Å². The molecule has 1 aromatic rings. The van der Waals surface area contributed by atoms with Crippen LogP contribution in [0.15, 0.2) is 18.2 Å². The van der Waals surface area contributed by atoms with E-state index in [2.05, 4.69) is 18.3 Å². The van der Waals surface area contributed by atoms with Gasteiger partial charge in [-0.2, -0.15) is 0 Å². The number of phenolic OH excluding ortho intramolecular Hbond substituents is 1. The van der Waals surface area contributed by atoms with Crippen molar-refractivity contribution in [2.24, 2.45) is 0 Å². The van der Waals surface area contributed by atoms with Crippen molar-refractivity contribution < 1.29 is 5.11 Å². The van der Waals surface area contributed by atoms with Gasteiger partial charge < -0.3 is 10.4 Å². The fourth-order valence-corrected chi connectivity index (χ4v) is 3.51. The highest BCUT2D eigenvalue weighted by Crippen LogP contribution is 2.28. The van der Waals surface area contributed by atoms with E-state index in [0.717, 1.165) is 19.4 Å². The van der Waals surface area contributed by atoms with Gasteiger partial charge in [0, 0.05) is 6.04 Å². The van der Waals surface area contributed by atoms with Crippen molar-refractivity contribution in [3.8, 4) is 5.75 Å². The average molecular weight is 303 g/mol. The summed E-state index contributed by atoms with van der Waals surface area (Å²) in [5.74, 6) is 0.482. The number of phenols is 1. The Morgan fingerprint density at radius 2 is 1.77 bits per heavy atom. The molecule has 2 nitrogen and oxygen atoms in total. The van der Waals surface area contributed by atoms with Gasteiger partial charge in [-0.1, -0.05) is 64.0 Å². The van der Waals surface area contributed by atoms with Gasteiger partial charge in [0.1, 0.15) is 5.75 Å². The molecule has 0 saturated carbocycles. The molecule has 0 aliphatic heterocycles. The van der Waals surface area contributed by atoms with Gasteiger partial charge in [-0.25, -0.2) is 0 Å². The zero-order valence-electron chi connectivity index (χ0n) is 14.2. The Morgan fingerprint density at radius 1 is 1.05 bits per heavy atom. The fourth-order valence-electron chi connectivity index (χ4n) is 3.51. The first-order valence-corrected chi connectivity index (χ1v) is 9.34. The molecule has 2 rings (SSSR count). The number of fused-ring (bicyclic) bond motifs is 1. The second-order valence-corrected chi connectivity index (χ2v) is 6.78. The summed E-state index contributed by atoms with van der Waals surface area (Å²) in [7, 11) is 0. The van der Waals surface area contributed by atoms with Crippen LogP contribution in [-0.4, -0.2) is 17.7 Å². The molecule has 2 N–H and O–H groups in total. The van der Waals surface area contributed by atoms with Gasteiger partial charge in [0.05, 0.1) is 0 Å². The molecule has 2 heteroatoms. The molecule has 0 aromatic heterocycles. The van der Waals surface area contributed by atoms with E-state index in [1.165, 1.54) is 68.9 Å². The molecule has 1 atom stereocenters. The third kappa shape index (κ3) is 5.64. The minimum Gasteiger partial charge on any atom is -0.508 e. The number of hydrogen-bond donors (Lipinski definition) is 2. The zero-order valence-corrected chi connectivity index (χ0v) is 14.2. The summed E-state index contributed by atoms with van der Waals surface area (Å²) >= 11 is 0. The predicted octanol–water partition coefficient (Wildman–Crippen LogP) is 4.98. The van der Waals surface area contributed by atoms with Crippen LogP contribution in [0.4, 0.5) is 0 Å². The monoisotopic (exact) mass is 303 g/mol. The number of unbranched alkanes of at least 4 members (excludes halogenated alkanes) is 7. The number of aryl methyl sites for hydroxylation is 1. The molecule has 22 heavy (non-hydrogen) atoms. The van der Waals surface area contributed by atoms with E-state index in [9.17, 15) is 5.11 Å². The molecule has 1 aliphatic rings. The maximum atomic E-state index is 9.98. The molecule has 1 unspecified atom stereocenters. The zero-order chi connectivity index (χ0) is 15.6. The molecule has 0 bridgehead atoms. The van der Waals surface area contributed by atoms with Crippen molar-refractivity contribution in [2.75, 3.05) is 6.54 Å². The molecule has 0 radical (unpaired) electrons. The van der Waals surface area contributed by atoms with Crippen molar-refractivity contribution in [1.29, 1.82) is 0 Å². The molecule has 0 amide bonds. The van der Waals surface area contributed by atoms with Crippen LogP contribution in [-0.2, 0) is 12.8 Å². The van der Waals surface area contributed by atoms with Gasteiger partial charge in [-0.15, -0.1) is 0 Å². The highest BCUT2D eigenvalue weighted by atomic mass is 16.3. The van der Waals surface area contributed by atoms with Gasteiger partial charge in [0.2, 0.25) is 0 Å². The summed E-state index contributed by atoms with van der Waals surface area (Å²) in [6.45, 7) is 3.40. The van der Waals surface area contributed by atoms with Crippen LogP contribution in [0.3, 0.4) is 0 Å². The van der Waals surface area contributed by atoms with Crippen LogP contribution < -0.4 is 5.32 Å². The third-order valence-corrected chi connectivity index (χ3v) is 4.92. The first kappa shape index (κ1) is 17.3. The summed E-state index contributed by atoms with van der Waals surface area (Å²) in [5.41, 5.74) is 2.51. The van der Waals surface area contributed by atoms with Gasteiger partial charge >= 0.3 is 0 Å². The topological polar surface area (TPSA) is 32.3 Å². The van der Waals surface area contributed by atoms with Crippen LogP contribution in [0.25, 0.3) is 0 Å². The van der Waals surface area contributed by atoms with Gasteiger partial charge in [0.15, 0.2) is 0 Å². The molecule has 0 saturated heterocycles. The van der Waals surface area contributed by atoms with Crippen molar-refractivity contribution >= 4 is 0 Å². The lowest BCUT2D eigenvalue weighted by Gasteiger charge is -2.26. The Balaban J connectivity index is 1.54. The van der Waals surface area contributed by atoms with Crippen LogP contribution >= 0.6 is 0 Å². The highest BCUT2D eigenvalue weighted by Gasteiger charge is 2.20. The van der Waals surface area contributed by atoms with Crippen molar-refractivity contribution in [2.45, 2.75) is 83.6 Å². The van der Waals surface area contributed by atoms with Crippen LogP contribution in [0.1, 0.15) is 75.8 Å². The summed E-state index contributed by atoms with van der Waals surface area (Å²) in [6, 6.07) is 6.48. The Bertz CT molecular complexity index is 430. The first-order chi connectivity index (χ1) is 10.8. The maximum absolute atomic E-state index is 9.98. The number of rotatable bonds is 10. The molecule has 124 valence electrons. The summed E-state index contributed by atoms with van der Waals surface area (Å²) in [6.07, 6.45) is 14.3. The predicted molar refractivity (Wildman–Crippen MR) is 94.5 cm³/mol. The molecule has 0 fully saturated rings. The van der Waals surface area contributed by atoms with E-state index in [4.69, 9.17) is 0 Å². The quantitative estimate of drug-likeness (QED) is 0.597. The standard InChI is InChI=1S/C20H33NO/c1-2-3-4-5-6-7-8-9-15-21-18-14-13-17-11-10-12-20(22)19(17)16-18/h10-12,18,21-22H,2-9,13-16H2,1H3. The minimum atomic E-state index is 0.482. The van der Waals surface area contributed by atoms with Crippen LogP contribution in [0, 0.1) is 0 Å². The fraction of sp³-hybridized carbons (Fsp3) is 0.700. The van der Waals surface area contributed by atoms with E-state index in [0.29, 0.717) is 11.8 Å². The van der Waals surface area contributed by atoms with E-state index >= 15 is 0 Å². The molecular formula is C20H33NO. The van der Waals surface area contributed by atoms with E-state index < -0.39 is 0 Å². The molecule has 0 spiro atoms. The van der Waals surface area contributed by atoms with Gasteiger partial charge in [-0.3, -0.25) is 0 Å². The van der Waals surface area contributed by atoms with E-state index in [-0.39, 0.29) is 0 Å². The molecule has 0 heterocycles. The summed E-state index contributed by atoms with van der Waals surface area (Å²) < 4.78 is 0. The normalized spacial score (nSPS) is 17.4. The smallest absolute Gasteiger partial charge is 0.119 e. The first-order valence-electron chi connectivity index (χ1n) is 9.34. The molecular weight excluding hydrogens is 270 g/mol. The maximum Gasteiger partial charge on any atom is 0.119 e. The largest absolute Gasteiger partial charge is 0.508 e. The van der Waals surface area contributed by atoms with Crippen molar-refractivity contribution in [3.63, 3.8) is 0 Å². The number of benzene rings is 1. The number of hydrogen-bond acceptors (Lipinski definition) is 2. The third-order valence-electron chi connectivity index (χ3n) is 4.92. The summed E-state index contributed by atoms with van der Waals surface area (Å²) in [4.78, 5) is 0. The van der Waals surface area contributed by atoms with E-state index in [1.807, 2.05) is 12.1 Å². The average Bonchev–Trinajstić information content (AvgIpc) is 2.54. The van der Waals surface area contributed by atoms with Crippen molar-refractivity contribution in [3.05, 3.63) is 29.3 Å². The second-order valence-electron chi connectivity index (χ2n) is 6.78.